The molecule has 3 atom stereocenters. The quantitative estimate of drug-likeness (QED) is 0.739. The largest absolute Gasteiger partial charge is 0.377 e. The van der Waals surface area contributed by atoms with E-state index >= 15 is 0 Å². The molecule has 1 amide bonds. The number of amides is 1. The predicted octanol–water partition coefficient (Wildman–Crippen LogP) is 1.06. The summed E-state index contributed by atoms with van der Waals surface area (Å²) >= 11 is 0. The van der Waals surface area contributed by atoms with Crippen LogP contribution in [0.5, 0.6) is 0 Å². The van der Waals surface area contributed by atoms with Gasteiger partial charge in [0.2, 0.25) is 5.91 Å². The third kappa shape index (κ3) is 4.49. The van der Waals surface area contributed by atoms with Crippen molar-refractivity contribution in [1.29, 1.82) is 0 Å². The molecule has 1 saturated heterocycles. The van der Waals surface area contributed by atoms with Gasteiger partial charge >= 0.3 is 0 Å². The summed E-state index contributed by atoms with van der Waals surface area (Å²) in [5.74, 6) is 0.109. The number of nitrogens with one attached hydrogen (secondary N) is 2. The summed E-state index contributed by atoms with van der Waals surface area (Å²) in [4.78, 5) is 11.8. The molecule has 94 valence electrons. The van der Waals surface area contributed by atoms with Gasteiger partial charge in [-0.1, -0.05) is 0 Å². The molecule has 16 heavy (non-hydrogen) atoms. The van der Waals surface area contributed by atoms with Crippen molar-refractivity contribution in [2.75, 3.05) is 13.2 Å². The van der Waals surface area contributed by atoms with E-state index in [0.29, 0.717) is 19.2 Å². The number of rotatable bonds is 5. The van der Waals surface area contributed by atoms with Gasteiger partial charge in [-0.2, -0.15) is 0 Å². The van der Waals surface area contributed by atoms with Gasteiger partial charge in [0.1, 0.15) is 0 Å². The molecule has 0 radical (unpaired) electrons. The lowest BCUT2D eigenvalue weighted by atomic mass is 9.99. The number of piperidine rings is 1. The third-order valence-corrected chi connectivity index (χ3v) is 2.95. The highest BCUT2D eigenvalue weighted by Crippen LogP contribution is 2.12. The molecule has 4 heteroatoms. The third-order valence-electron chi connectivity index (χ3n) is 2.95. The van der Waals surface area contributed by atoms with Gasteiger partial charge in [0.15, 0.2) is 0 Å². The van der Waals surface area contributed by atoms with Crippen LogP contribution in [0.2, 0.25) is 0 Å². The molecule has 0 aromatic rings. The van der Waals surface area contributed by atoms with Crippen molar-refractivity contribution in [2.45, 2.75) is 58.2 Å². The van der Waals surface area contributed by atoms with Crippen molar-refractivity contribution in [3.8, 4) is 0 Å². The number of hydrogen-bond donors (Lipinski definition) is 2. The van der Waals surface area contributed by atoms with Crippen molar-refractivity contribution in [2.24, 2.45) is 0 Å². The summed E-state index contributed by atoms with van der Waals surface area (Å²) in [5.41, 5.74) is 0. The van der Waals surface area contributed by atoms with Crippen LogP contribution in [0.1, 0.15) is 40.0 Å². The Morgan fingerprint density at radius 3 is 2.94 bits per heavy atom. The summed E-state index contributed by atoms with van der Waals surface area (Å²) in [5, 5.41) is 6.25. The summed E-state index contributed by atoms with van der Waals surface area (Å²) in [6.45, 7) is 7.35. The summed E-state index contributed by atoms with van der Waals surface area (Å²) in [7, 11) is 0. The molecule has 4 nitrogen and oxygen atoms in total. The van der Waals surface area contributed by atoms with Crippen LogP contribution >= 0.6 is 0 Å². The lowest BCUT2D eigenvalue weighted by Gasteiger charge is -2.28. The van der Waals surface area contributed by atoms with Crippen LogP contribution in [0.3, 0.4) is 0 Å². The fraction of sp³-hybridized carbons (Fsp3) is 0.917. The van der Waals surface area contributed by atoms with Gasteiger partial charge in [-0.15, -0.1) is 0 Å². The van der Waals surface area contributed by atoms with E-state index in [0.717, 1.165) is 12.8 Å². The van der Waals surface area contributed by atoms with Crippen molar-refractivity contribution in [1.82, 2.24) is 10.6 Å². The molecule has 0 aromatic heterocycles. The highest BCUT2D eigenvalue weighted by molar-refractivity contribution is 5.81. The zero-order valence-corrected chi connectivity index (χ0v) is 10.6. The normalized spacial score (nSPS) is 27.4. The van der Waals surface area contributed by atoms with Crippen LogP contribution in [0, 0.1) is 0 Å². The van der Waals surface area contributed by atoms with E-state index < -0.39 is 0 Å². The minimum Gasteiger partial charge on any atom is -0.377 e. The lowest BCUT2D eigenvalue weighted by molar-refractivity contribution is -0.124. The standard InChI is InChI=1S/C12H24N2O2/c1-4-16-10(3)8-13-12(15)11-7-5-6-9(2)14-11/h9-11,14H,4-8H2,1-3H3,(H,13,15). The molecular weight excluding hydrogens is 204 g/mol. The van der Waals surface area contributed by atoms with Gasteiger partial charge in [0.05, 0.1) is 12.1 Å². The molecule has 1 aliphatic heterocycles. The molecule has 0 aromatic carbocycles. The Morgan fingerprint density at radius 1 is 1.56 bits per heavy atom. The molecule has 0 bridgehead atoms. The average molecular weight is 228 g/mol. The zero-order valence-electron chi connectivity index (χ0n) is 10.6. The van der Waals surface area contributed by atoms with Gasteiger partial charge in [-0.05, 0) is 40.0 Å². The lowest BCUT2D eigenvalue weighted by Crippen LogP contribution is -2.51. The number of carbonyl (C=O) groups excluding carboxylic acids is 1. The molecule has 0 spiro atoms. The van der Waals surface area contributed by atoms with E-state index in [4.69, 9.17) is 4.74 Å². The van der Waals surface area contributed by atoms with E-state index in [9.17, 15) is 4.79 Å². The van der Waals surface area contributed by atoms with Crippen LogP contribution in [0.15, 0.2) is 0 Å². The van der Waals surface area contributed by atoms with E-state index in [1.54, 1.807) is 0 Å². The Hall–Kier alpha value is -0.610. The second-order valence-electron chi connectivity index (χ2n) is 4.56. The first-order valence-corrected chi connectivity index (χ1v) is 6.28. The molecule has 1 fully saturated rings. The summed E-state index contributed by atoms with van der Waals surface area (Å²) in [6.07, 6.45) is 3.33. The maximum atomic E-state index is 11.8. The highest BCUT2D eigenvalue weighted by atomic mass is 16.5. The Kier molecular flexibility index (Phi) is 5.77. The van der Waals surface area contributed by atoms with Crippen molar-refractivity contribution in [3.05, 3.63) is 0 Å². The molecule has 2 N–H and O–H groups in total. The first-order chi connectivity index (χ1) is 7.63. The topological polar surface area (TPSA) is 50.4 Å². The van der Waals surface area contributed by atoms with Crippen molar-refractivity contribution < 1.29 is 9.53 Å². The number of carbonyl (C=O) groups is 1. The van der Waals surface area contributed by atoms with Crippen LogP contribution in [0.4, 0.5) is 0 Å². The van der Waals surface area contributed by atoms with E-state index in [2.05, 4.69) is 17.6 Å². The first kappa shape index (κ1) is 13.5. The Morgan fingerprint density at radius 2 is 2.31 bits per heavy atom. The molecule has 1 heterocycles. The molecule has 1 rings (SSSR count). The van der Waals surface area contributed by atoms with E-state index in [-0.39, 0.29) is 18.1 Å². The number of ether oxygens (including phenoxy) is 1. The SMILES string of the molecule is CCOC(C)CNC(=O)C1CCCC(C)N1. The molecule has 1 aliphatic rings. The molecule has 0 saturated carbocycles. The van der Waals surface area contributed by atoms with Gasteiger partial charge < -0.3 is 15.4 Å². The van der Waals surface area contributed by atoms with Crippen LogP contribution in [-0.4, -0.2) is 37.2 Å². The fourth-order valence-corrected chi connectivity index (χ4v) is 2.06. The molecular formula is C12H24N2O2. The zero-order chi connectivity index (χ0) is 12.0. The van der Waals surface area contributed by atoms with Gasteiger partial charge in [0, 0.05) is 19.2 Å². The highest BCUT2D eigenvalue weighted by Gasteiger charge is 2.23. The average Bonchev–Trinajstić information content (AvgIpc) is 2.26. The Labute approximate surface area is 98.1 Å². The van der Waals surface area contributed by atoms with Gasteiger partial charge in [-0.25, -0.2) is 0 Å². The van der Waals surface area contributed by atoms with Crippen LogP contribution in [-0.2, 0) is 9.53 Å². The minimum absolute atomic E-state index is 0.0161. The monoisotopic (exact) mass is 228 g/mol. The minimum atomic E-state index is -0.0161. The summed E-state index contributed by atoms with van der Waals surface area (Å²) < 4.78 is 5.37. The van der Waals surface area contributed by atoms with E-state index in [1.807, 2.05) is 13.8 Å². The maximum Gasteiger partial charge on any atom is 0.237 e. The predicted molar refractivity (Wildman–Crippen MR) is 64.3 cm³/mol. The fourth-order valence-electron chi connectivity index (χ4n) is 2.06. The van der Waals surface area contributed by atoms with Crippen molar-refractivity contribution in [3.63, 3.8) is 0 Å². The Bertz CT molecular complexity index is 221. The number of hydrogen-bond acceptors (Lipinski definition) is 3. The van der Waals surface area contributed by atoms with Gasteiger partial charge in [-0.3, -0.25) is 4.79 Å². The molecule has 3 unspecified atom stereocenters. The van der Waals surface area contributed by atoms with Crippen LogP contribution < -0.4 is 10.6 Å². The second kappa shape index (κ2) is 6.86. The smallest absolute Gasteiger partial charge is 0.237 e. The van der Waals surface area contributed by atoms with Crippen LogP contribution in [0.25, 0.3) is 0 Å². The maximum absolute atomic E-state index is 11.8. The summed E-state index contributed by atoms with van der Waals surface area (Å²) in [6, 6.07) is 0.436. The van der Waals surface area contributed by atoms with Gasteiger partial charge in [0.25, 0.3) is 0 Å². The molecule has 0 aliphatic carbocycles. The van der Waals surface area contributed by atoms with E-state index in [1.165, 1.54) is 6.42 Å². The first-order valence-electron chi connectivity index (χ1n) is 6.28. The van der Waals surface area contributed by atoms with Crippen molar-refractivity contribution >= 4 is 5.91 Å². The second-order valence-corrected chi connectivity index (χ2v) is 4.56. The Balaban J connectivity index is 2.23.